The Hall–Kier alpha value is -3.60. The van der Waals surface area contributed by atoms with E-state index in [2.05, 4.69) is 10.2 Å². The van der Waals surface area contributed by atoms with E-state index in [0.29, 0.717) is 37.4 Å². The summed E-state index contributed by atoms with van der Waals surface area (Å²) in [6.07, 6.45) is 0. The maximum absolute atomic E-state index is 12.3. The van der Waals surface area contributed by atoms with Crippen LogP contribution in [0.4, 0.5) is 21.9 Å². The first-order valence-corrected chi connectivity index (χ1v) is 8.12. The van der Waals surface area contributed by atoms with Gasteiger partial charge in [-0.15, -0.1) is 0 Å². The molecule has 1 fully saturated rings. The SMILES string of the molecule is N#Cc1ccc(NC(=O)N2CCN(c3ccc([N+](=O)[O-])cc3)CC2)cc1. The Morgan fingerprint density at radius 1 is 1.04 bits per heavy atom. The van der Waals surface area contributed by atoms with Crippen molar-refractivity contribution in [1.82, 2.24) is 4.90 Å². The fourth-order valence-electron chi connectivity index (χ4n) is 2.78. The Balaban J connectivity index is 1.54. The van der Waals surface area contributed by atoms with Crippen LogP contribution in [-0.2, 0) is 0 Å². The smallest absolute Gasteiger partial charge is 0.321 e. The number of hydrogen-bond donors (Lipinski definition) is 1. The van der Waals surface area contributed by atoms with E-state index in [0.717, 1.165) is 5.69 Å². The molecule has 2 aromatic rings. The Morgan fingerprint density at radius 2 is 1.65 bits per heavy atom. The van der Waals surface area contributed by atoms with Gasteiger partial charge in [0.2, 0.25) is 0 Å². The van der Waals surface area contributed by atoms with E-state index in [1.54, 1.807) is 41.3 Å². The fourth-order valence-corrected chi connectivity index (χ4v) is 2.78. The maximum Gasteiger partial charge on any atom is 0.321 e. The van der Waals surface area contributed by atoms with Crippen molar-refractivity contribution < 1.29 is 9.72 Å². The minimum absolute atomic E-state index is 0.0641. The Kier molecular flexibility index (Phi) is 4.99. The van der Waals surface area contributed by atoms with Crippen LogP contribution in [-0.4, -0.2) is 42.0 Å². The summed E-state index contributed by atoms with van der Waals surface area (Å²) >= 11 is 0. The lowest BCUT2D eigenvalue weighted by Crippen LogP contribution is -2.50. The van der Waals surface area contributed by atoms with Gasteiger partial charge in [-0.05, 0) is 36.4 Å². The molecule has 0 unspecified atom stereocenters. The molecule has 1 aliphatic rings. The van der Waals surface area contributed by atoms with Gasteiger partial charge < -0.3 is 15.1 Å². The number of rotatable bonds is 3. The highest BCUT2D eigenvalue weighted by Crippen LogP contribution is 2.21. The van der Waals surface area contributed by atoms with Gasteiger partial charge in [-0.3, -0.25) is 10.1 Å². The molecule has 8 heteroatoms. The van der Waals surface area contributed by atoms with Gasteiger partial charge in [0.1, 0.15) is 0 Å². The van der Waals surface area contributed by atoms with Crippen molar-refractivity contribution in [2.24, 2.45) is 0 Å². The topological polar surface area (TPSA) is 103 Å². The minimum Gasteiger partial charge on any atom is -0.368 e. The van der Waals surface area contributed by atoms with Gasteiger partial charge in [0.25, 0.3) is 5.69 Å². The van der Waals surface area contributed by atoms with Crippen molar-refractivity contribution in [1.29, 1.82) is 5.26 Å². The van der Waals surface area contributed by atoms with Crippen molar-refractivity contribution in [3.63, 3.8) is 0 Å². The van der Waals surface area contributed by atoms with Crippen LogP contribution in [0, 0.1) is 21.4 Å². The monoisotopic (exact) mass is 351 g/mol. The third kappa shape index (κ3) is 3.89. The summed E-state index contributed by atoms with van der Waals surface area (Å²) in [5.41, 5.74) is 2.16. The van der Waals surface area contributed by atoms with E-state index in [9.17, 15) is 14.9 Å². The summed E-state index contributed by atoms with van der Waals surface area (Å²) in [4.78, 5) is 26.5. The summed E-state index contributed by atoms with van der Waals surface area (Å²) in [6.45, 7) is 2.41. The first kappa shape index (κ1) is 17.2. The highest BCUT2D eigenvalue weighted by molar-refractivity contribution is 5.89. The number of hydrogen-bond acceptors (Lipinski definition) is 5. The maximum atomic E-state index is 12.3. The van der Waals surface area contributed by atoms with Crippen molar-refractivity contribution in [2.75, 3.05) is 36.4 Å². The molecule has 3 rings (SSSR count). The highest BCUT2D eigenvalue weighted by Gasteiger charge is 2.21. The number of anilines is 2. The van der Waals surface area contributed by atoms with Crippen LogP contribution in [0.1, 0.15) is 5.56 Å². The number of carbonyl (C=O) groups is 1. The fraction of sp³-hybridized carbons (Fsp3) is 0.222. The third-order valence-electron chi connectivity index (χ3n) is 4.26. The molecule has 0 radical (unpaired) electrons. The molecule has 1 heterocycles. The van der Waals surface area contributed by atoms with Gasteiger partial charge in [-0.1, -0.05) is 0 Å². The molecule has 1 saturated heterocycles. The number of nitrogens with zero attached hydrogens (tertiary/aromatic N) is 4. The molecule has 0 aromatic heterocycles. The zero-order chi connectivity index (χ0) is 18.5. The average molecular weight is 351 g/mol. The van der Waals surface area contributed by atoms with Crippen LogP contribution in [0.25, 0.3) is 0 Å². The molecule has 26 heavy (non-hydrogen) atoms. The number of nitriles is 1. The zero-order valence-electron chi connectivity index (χ0n) is 14.0. The number of carbonyl (C=O) groups excluding carboxylic acids is 1. The number of nitro benzene ring substituents is 1. The molecule has 1 aliphatic heterocycles. The molecule has 132 valence electrons. The number of amides is 2. The number of nitro groups is 1. The normalized spacial score (nSPS) is 13.8. The largest absolute Gasteiger partial charge is 0.368 e. The molecule has 0 bridgehead atoms. The van der Waals surface area contributed by atoms with Gasteiger partial charge in [0.15, 0.2) is 0 Å². The molecule has 8 nitrogen and oxygen atoms in total. The van der Waals surface area contributed by atoms with E-state index in [-0.39, 0.29) is 11.7 Å². The lowest BCUT2D eigenvalue weighted by molar-refractivity contribution is -0.384. The number of benzene rings is 2. The quantitative estimate of drug-likeness (QED) is 0.676. The standard InChI is InChI=1S/C18H17N5O3/c19-13-14-1-3-15(4-2-14)20-18(24)22-11-9-21(10-12-22)16-5-7-17(8-6-16)23(25)26/h1-8H,9-12H2,(H,20,24). The number of urea groups is 1. The zero-order valence-corrected chi connectivity index (χ0v) is 14.0. The van der Waals surface area contributed by atoms with Crippen LogP contribution in [0.5, 0.6) is 0 Å². The summed E-state index contributed by atoms with van der Waals surface area (Å²) in [5.74, 6) is 0. The second-order valence-electron chi connectivity index (χ2n) is 5.87. The molecule has 0 atom stereocenters. The summed E-state index contributed by atoms with van der Waals surface area (Å²) in [5, 5.41) is 22.3. The van der Waals surface area contributed by atoms with Crippen molar-refractivity contribution in [3.8, 4) is 6.07 Å². The van der Waals surface area contributed by atoms with Gasteiger partial charge in [0, 0.05) is 49.7 Å². The van der Waals surface area contributed by atoms with Gasteiger partial charge in [-0.2, -0.15) is 5.26 Å². The van der Waals surface area contributed by atoms with E-state index < -0.39 is 4.92 Å². The van der Waals surface area contributed by atoms with Gasteiger partial charge >= 0.3 is 6.03 Å². The summed E-state index contributed by atoms with van der Waals surface area (Å²) in [6, 6.07) is 15.0. The van der Waals surface area contributed by atoms with E-state index in [1.165, 1.54) is 12.1 Å². The molecular weight excluding hydrogens is 334 g/mol. The molecule has 2 amide bonds. The van der Waals surface area contributed by atoms with E-state index in [1.807, 2.05) is 6.07 Å². The number of piperazine rings is 1. The highest BCUT2D eigenvalue weighted by atomic mass is 16.6. The second kappa shape index (κ2) is 7.53. The molecule has 2 aromatic carbocycles. The predicted molar refractivity (Wildman–Crippen MR) is 97.1 cm³/mol. The van der Waals surface area contributed by atoms with Crippen molar-refractivity contribution in [2.45, 2.75) is 0 Å². The van der Waals surface area contributed by atoms with E-state index >= 15 is 0 Å². The second-order valence-corrected chi connectivity index (χ2v) is 5.87. The Bertz CT molecular complexity index is 835. The van der Waals surface area contributed by atoms with Crippen LogP contribution in [0.2, 0.25) is 0 Å². The van der Waals surface area contributed by atoms with Crippen molar-refractivity contribution >= 4 is 23.1 Å². The first-order chi connectivity index (χ1) is 12.6. The Labute approximate surface area is 150 Å². The van der Waals surface area contributed by atoms with Crippen LogP contribution in [0.3, 0.4) is 0 Å². The minimum atomic E-state index is -0.421. The number of nitrogens with one attached hydrogen (secondary N) is 1. The molecular formula is C18H17N5O3. The Morgan fingerprint density at radius 3 is 2.19 bits per heavy atom. The van der Waals surface area contributed by atoms with Crippen LogP contribution in [0.15, 0.2) is 48.5 Å². The lowest BCUT2D eigenvalue weighted by Gasteiger charge is -2.36. The van der Waals surface area contributed by atoms with Gasteiger partial charge in [-0.25, -0.2) is 4.79 Å². The van der Waals surface area contributed by atoms with E-state index in [4.69, 9.17) is 5.26 Å². The molecule has 0 saturated carbocycles. The average Bonchev–Trinajstić information content (AvgIpc) is 2.69. The lowest BCUT2D eigenvalue weighted by atomic mass is 10.2. The molecule has 1 N–H and O–H groups in total. The van der Waals surface area contributed by atoms with Crippen LogP contribution < -0.4 is 10.2 Å². The van der Waals surface area contributed by atoms with Crippen LogP contribution >= 0.6 is 0 Å². The van der Waals surface area contributed by atoms with Crippen molar-refractivity contribution in [3.05, 3.63) is 64.2 Å². The first-order valence-electron chi connectivity index (χ1n) is 8.12. The van der Waals surface area contributed by atoms with Gasteiger partial charge in [0.05, 0.1) is 16.6 Å². The summed E-state index contributed by atoms with van der Waals surface area (Å²) in [7, 11) is 0. The predicted octanol–water partition coefficient (Wildman–Crippen LogP) is 2.82. The molecule has 0 spiro atoms. The molecule has 0 aliphatic carbocycles. The third-order valence-corrected chi connectivity index (χ3v) is 4.26. The summed E-state index contributed by atoms with van der Waals surface area (Å²) < 4.78 is 0. The number of non-ortho nitro benzene ring substituents is 1.